The van der Waals surface area contributed by atoms with Gasteiger partial charge in [-0.15, -0.1) is 0 Å². The van der Waals surface area contributed by atoms with E-state index in [2.05, 4.69) is 20.3 Å². The lowest BCUT2D eigenvalue weighted by Crippen LogP contribution is -2.29. The Morgan fingerprint density at radius 1 is 1.19 bits per heavy atom. The molecule has 2 aromatic heterocycles. The predicted molar refractivity (Wildman–Crippen MR) is 120 cm³/mol. The van der Waals surface area contributed by atoms with Gasteiger partial charge >= 0.3 is 0 Å². The van der Waals surface area contributed by atoms with E-state index in [1.807, 2.05) is 7.05 Å². The normalized spacial score (nSPS) is 17.9. The number of nitrogens with two attached hydrogens (primary N) is 2. The lowest BCUT2D eigenvalue weighted by atomic mass is 10.1. The zero-order valence-corrected chi connectivity index (χ0v) is 17.5. The van der Waals surface area contributed by atoms with Crippen LogP contribution in [0.2, 0.25) is 0 Å². The number of hydrogen-bond donors (Lipinski definition) is 4. The molecule has 1 aromatic carbocycles. The maximum Gasteiger partial charge on any atom is 0.170 e. The fraction of sp³-hybridized carbons (Fsp3) is 0.364. The summed E-state index contributed by atoms with van der Waals surface area (Å²) in [6.45, 7) is 1.68. The zero-order valence-electron chi connectivity index (χ0n) is 17.5. The fourth-order valence-corrected chi connectivity index (χ4v) is 3.98. The van der Waals surface area contributed by atoms with Gasteiger partial charge in [0.1, 0.15) is 17.3 Å². The van der Waals surface area contributed by atoms with Gasteiger partial charge in [-0.3, -0.25) is 4.68 Å². The fourth-order valence-electron chi connectivity index (χ4n) is 3.98. The molecule has 4 rings (SSSR count). The quantitative estimate of drug-likeness (QED) is 0.464. The number of aliphatic hydroxyl groups is 1. The second kappa shape index (κ2) is 8.91. The Labute approximate surface area is 180 Å². The summed E-state index contributed by atoms with van der Waals surface area (Å²) in [7, 11) is 1.86. The van der Waals surface area contributed by atoms with Crippen LogP contribution in [0.1, 0.15) is 31.2 Å². The third-order valence-corrected chi connectivity index (χ3v) is 5.64. The van der Waals surface area contributed by atoms with Crippen LogP contribution in [-0.2, 0) is 7.05 Å². The molecule has 0 aliphatic carbocycles. The number of nitrogens with zero attached hydrogens (tertiary/aromatic N) is 4. The first-order valence-corrected chi connectivity index (χ1v) is 10.4. The van der Waals surface area contributed by atoms with Crippen molar-refractivity contribution in [3.8, 4) is 11.3 Å². The third-order valence-electron chi connectivity index (χ3n) is 5.64. The number of pyridine rings is 1. The number of hydrogen-bond acceptors (Lipinski definition) is 7. The van der Waals surface area contributed by atoms with Crippen molar-refractivity contribution in [1.29, 1.82) is 0 Å². The number of nitrogen functional groups attached to an aromatic ring is 1. The summed E-state index contributed by atoms with van der Waals surface area (Å²) in [6, 6.07) is 9.82. The highest BCUT2D eigenvalue weighted by Gasteiger charge is 2.23. The van der Waals surface area contributed by atoms with E-state index in [9.17, 15) is 9.50 Å². The second-order valence-electron chi connectivity index (χ2n) is 7.88. The van der Waals surface area contributed by atoms with Crippen molar-refractivity contribution >= 4 is 17.2 Å². The Balaban J connectivity index is 1.60. The standard InChI is InChI=1S/C22H28FN7O/c1-29-22(30-11-4-5-14(24)10-12-30)19(13-26-29)28-21(31)20-17(25)8-9-18(27-20)15-6-2-3-7-16(15)23/h2-3,6-9,13-14,21,28,31H,4-5,10-12,24-25H2,1H3. The van der Waals surface area contributed by atoms with E-state index in [-0.39, 0.29) is 17.6 Å². The number of aryl methyl sites for hydroxylation is 1. The highest BCUT2D eigenvalue weighted by Crippen LogP contribution is 2.31. The molecule has 3 heterocycles. The van der Waals surface area contributed by atoms with E-state index in [4.69, 9.17) is 11.5 Å². The van der Waals surface area contributed by atoms with Gasteiger partial charge < -0.3 is 26.8 Å². The maximum atomic E-state index is 14.2. The van der Waals surface area contributed by atoms with E-state index in [0.29, 0.717) is 22.6 Å². The van der Waals surface area contributed by atoms with Crippen LogP contribution in [-0.4, -0.2) is 39.0 Å². The SMILES string of the molecule is Cn1ncc(NC(O)c2nc(-c3ccccc3F)ccc2N)c1N1CCCC(N)CC1. The molecule has 164 valence electrons. The summed E-state index contributed by atoms with van der Waals surface area (Å²) in [5, 5.41) is 18.3. The van der Waals surface area contributed by atoms with Crippen LogP contribution in [0.3, 0.4) is 0 Å². The van der Waals surface area contributed by atoms with Gasteiger partial charge in [-0.05, 0) is 43.5 Å². The van der Waals surface area contributed by atoms with E-state index in [0.717, 1.165) is 38.2 Å². The van der Waals surface area contributed by atoms with Gasteiger partial charge in [-0.25, -0.2) is 9.37 Å². The van der Waals surface area contributed by atoms with Crippen LogP contribution in [0.5, 0.6) is 0 Å². The minimum atomic E-state index is -1.19. The van der Waals surface area contributed by atoms with Gasteiger partial charge in [0.15, 0.2) is 6.23 Å². The van der Waals surface area contributed by atoms with Crippen molar-refractivity contribution in [3.05, 3.63) is 54.1 Å². The summed E-state index contributed by atoms with van der Waals surface area (Å²) in [5.41, 5.74) is 14.2. The van der Waals surface area contributed by atoms with Gasteiger partial charge in [0.25, 0.3) is 0 Å². The smallest absolute Gasteiger partial charge is 0.170 e. The number of nitrogens with one attached hydrogen (secondary N) is 1. The number of rotatable bonds is 5. The topological polar surface area (TPSA) is 118 Å². The summed E-state index contributed by atoms with van der Waals surface area (Å²) in [6.07, 6.45) is 3.35. The lowest BCUT2D eigenvalue weighted by molar-refractivity contribution is 0.204. The molecular formula is C22H28FN7O. The first kappa shape index (κ1) is 21.1. The first-order chi connectivity index (χ1) is 14.9. The van der Waals surface area contributed by atoms with Gasteiger partial charge in [0.05, 0.1) is 23.3 Å². The molecule has 9 heteroatoms. The molecule has 31 heavy (non-hydrogen) atoms. The van der Waals surface area contributed by atoms with Gasteiger partial charge in [0, 0.05) is 31.7 Å². The van der Waals surface area contributed by atoms with Gasteiger partial charge in [0.2, 0.25) is 0 Å². The molecule has 0 bridgehead atoms. The number of anilines is 3. The lowest BCUT2D eigenvalue weighted by Gasteiger charge is -2.25. The van der Waals surface area contributed by atoms with Crippen molar-refractivity contribution in [2.75, 3.05) is 29.0 Å². The molecule has 1 fully saturated rings. The van der Waals surface area contributed by atoms with Crippen molar-refractivity contribution < 1.29 is 9.50 Å². The number of benzene rings is 1. The van der Waals surface area contributed by atoms with Crippen molar-refractivity contribution in [1.82, 2.24) is 14.8 Å². The Morgan fingerprint density at radius 2 is 2.00 bits per heavy atom. The van der Waals surface area contributed by atoms with Crippen LogP contribution in [0.15, 0.2) is 42.6 Å². The van der Waals surface area contributed by atoms with E-state index in [1.54, 1.807) is 41.2 Å². The van der Waals surface area contributed by atoms with Crippen molar-refractivity contribution in [2.24, 2.45) is 12.8 Å². The summed E-state index contributed by atoms with van der Waals surface area (Å²) in [5.74, 6) is 0.485. The molecule has 8 nitrogen and oxygen atoms in total. The molecule has 2 atom stereocenters. The summed E-state index contributed by atoms with van der Waals surface area (Å²) >= 11 is 0. The Kier molecular flexibility index (Phi) is 6.06. The molecule has 3 aromatic rings. The molecule has 1 saturated heterocycles. The summed E-state index contributed by atoms with van der Waals surface area (Å²) in [4.78, 5) is 6.66. The molecule has 0 amide bonds. The van der Waals surface area contributed by atoms with Gasteiger partial charge in [-0.2, -0.15) is 5.10 Å². The number of aliphatic hydroxyl groups excluding tert-OH is 1. The second-order valence-corrected chi connectivity index (χ2v) is 7.88. The Morgan fingerprint density at radius 3 is 2.81 bits per heavy atom. The largest absolute Gasteiger partial charge is 0.397 e. The van der Waals surface area contributed by atoms with E-state index < -0.39 is 6.23 Å². The van der Waals surface area contributed by atoms with Crippen LogP contribution in [0, 0.1) is 5.82 Å². The highest BCUT2D eigenvalue weighted by atomic mass is 19.1. The Hall–Kier alpha value is -3.17. The zero-order chi connectivity index (χ0) is 22.0. The predicted octanol–water partition coefficient (Wildman–Crippen LogP) is 2.62. The minimum absolute atomic E-state index is 0.199. The Bertz CT molecular complexity index is 1050. The summed E-state index contributed by atoms with van der Waals surface area (Å²) < 4.78 is 16.0. The van der Waals surface area contributed by atoms with E-state index >= 15 is 0 Å². The molecule has 1 aliphatic heterocycles. The average molecular weight is 426 g/mol. The first-order valence-electron chi connectivity index (χ1n) is 10.4. The molecular weight excluding hydrogens is 397 g/mol. The maximum absolute atomic E-state index is 14.2. The van der Waals surface area contributed by atoms with Crippen LogP contribution < -0.4 is 21.7 Å². The molecule has 6 N–H and O–H groups in total. The number of halogens is 1. The van der Waals surface area contributed by atoms with Crippen LogP contribution >= 0.6 is 0 Å². The van der Waals surface area contributed by atoms with Crippen LogP contribution in [0.4, 0.5) is 21.6 Å². The highest BCUT2D eigenvalue weighted by molar-refractivity contribution is 5.67. The minimum Gasteiger partial charge on any atom is -0.397 e. The molecule has 1 aliphatic rings. The third kappa shape index (κ3) is 4.47. The van der Waals surface area contributed by atoms with Crippen molar-refractivity contribution in [2.45, 2.75) is 31.5 Å². The van der Waals surface area contributed by atoms with E-state index in [1.165, 1.54) is 6.07 Å². The molecule has 2 unspecified atom stereocenters. The number of aromatic nitrogens is 3. The van der Waals surface area contributed by atoms with Crippen molar-refractivity contribution in [3.63, 3.8) is 0 Å². The average Bonchev–Trinajstić information content (AvgIpc) is 2.97. The monoisotopic (exact) mass is 425 g/mol. The van der Waals surface area contributed by atoms with Crippen LogP contribution in [0.25, 0.3) is 11.3 Å². The molecule has 0 spiro atoms. The molecule has 0 radical (unpaired) electrons. The van der Waals surface area contributed by atoms with Gasteiger partial charge in [-0.1, -0.05) is 12.1 Å². The molecule has 0 saturated carbocycles.